The number of hydrogen-bond donors (Lipinski definition) is 1. The Balaban J connectivity index is 2.56. The van der Waals surface area contributed by atoms with Crippen LogP contribution in [-0.2, 0) is 5.41 Å². The van der Waals surface area contributed by atoms with Crippen molar-refractivity contribution in [1.29, 1.82) is 0 Å². The van der Waals surface area contributed by atoms with Crippen molar-refractivity contribution in [2.75, 3.05) is 7.11 Å². The Labute approximate surface area is 128 Å². The smallest absolute Gasteiger partial charge is 0.124 e. The third kappa shape index (κ3) is 2.99. The Bertz CT molecular complexity index is 642. The van der Waals surface area contributed by atoms with E-state index in [1.165, 1.54) is 11.3 Å². The van der Waals surface area contributed by atoms with Crippen molar-refractivity contribution in [2.45, 2.75) is 26.2 Å². The van der Waals surface area contributed by atoms with E-state index < -0.39 is 0 Å². The van der Waals surface area contributed by atoms with Crippen LogP contribution < -0.4 is 10.5 Å². The molecule has 0 unspecified atom stereocenters. The van der Waals surface area contributed by atoms with Gasteiger partial charge in [0.25, 0.3) is 0 Å². The summed E-state index contributed by atoms with van der Waals surface area (Å²) in [5.41, 5.74) is 7.71. The molecule has 1 aromatic heterocycles. The van der Waals surface area contributed by atoms with Gasteiger partial charge in [0.15, 0.2) is 0 Å². The molecule has 0 spiro atoms. The second-order valence-corrected chi connectivity index (χ2v) is 6.98. The first-order valence-electron chi connectivity index (χ1n) is 6.28. The van der Waals surface area contributed by atoms with Crippen LogP contribution in [0.5, 0.6) is 5.75 Å². The second-order valence-electron chi connectivity index (χ2n) is 5.54. The van der Waals surface area contributed by atoms with E-state index in [-0.39, 0.29) is 5.41 Å². The van der Waals surface area contributed by atoms with Crippen molar-refractivity contribution >= 4 is 28.5 Å². The third-order valence-corrected chi connectivity index (χ3v) is 4.35. The van der Waals surface area contributed by atoms with Gasteiger partial charge in [-0.1, -0.05) is 45.1 Å². The number of methoxy groups -OCH3 is 1. The van der Waals surface area contributed by atoms with Crippen molar-refractivity contribution < 1.29 is 4.74 Å². The van der Waals surface area contributed by atoms with E-state index in [1.54, 1.807) is 7.11 Å². The van der Waals surface area contributed by atoms with Gasteiger partial charge in [-0.15, -0.1) is 11.3 Å². The molecule has 0 saturated heterocycles. The van der Waals surface area contributed by atoms with Crippen molar-refractivity contribution in [3.05, 3.63) is 34.8 Å². The lowest BCUT2D eigenvalue weighted by Gasteiger charge is -2.16. The highest BCUT2D eigenvalue weighted by molar-refractivity contribution is 7.81. The molecule has 106 valence electrons. The van der Waals surface area contributed by atoms with Gasteiger partial charge in [-0.05, 0) is 12.1 Å². The summed E-state index contributed by atoms with van der Waals surface area (Å²) in [5.74, 6) is 0.812. The second kappa shape index (κ2) is 5.50. The van der Waals surface area contributed by atoms with Crippen LogP contribution in [0.4, 0.5) is 0 Å². The fraction of sp³-hybridized carbons (Fsp3) is 0.333. The fourth-order valence-corrected chi connectivity index (χ4v) is 3.22. The van der Waals surface area contributed by atoms with Crippen molar-refractivity contribution in [1.82, 2.24) is 4.98 Å². The third-order valence-electron chi connectivity index (χ3n) is 2.88. The summed E-state index contributed by atoms with van der Waals surface area (Å²) in [6.45, 7) is 6.33. The number of benzene rings is 1. The summed E-state index contributed by atoms with van der Waals surface area (Å²) in [6, 6.07) is 7.84. The molecule has 0 radical (unpaired) electrons. The summed E-state index contributed by atoms with van der Waals surface area (Å²) < 4.78 is 5.25. The number of nitrogens with zero attached hydrogens (tertiary/aromatic N) is 1. The van der Waals surface area contributed by atoms with Gasteiger partial charge in [0.2, 0.25) is 0 Å². The number of thiocarbonyl (C=S) groups is 1. The first-order chi connectivity index (χ1) is 9.32. The van der Waals surface area contributed by atoms with E-state index >= 15 is 0 Å². The number of thiazole rings is 1. The normalized spacial score (nSPS) is 11.4. The van der Waals surface area contributed by atoms with Crippen LogP contribution in [0.25, 0.3) is 10.6 Å². The van der Waals surface area contributed by atoms with Crippen LogP contribution >= 0.6 is 23.6 Å². The summed E-state index contributed by atoms with van der Waals surface area (Å²) >= 11 is 6.69. The van der Waals surface area contributed by atoms with Gasteiger partial charge in [-0.3, -0.25) is 0 Å². The van der Waals surface area contributed by atoms with Gasteiger partial charge in [-0.25, -0.2) is 4.98 Å². The van der Waals surface area contributed by atoms with Crippen LogP contribution in [0.2, 0.25) is 0 Å². The molecule has 0 atom stereocenters. The summed E-state index contributed by atoms with van der Waals surface area (Å²) in [7, 11) is 1.65. The fourth-order valence-electron chi connectivity index (χ4n) is 1.88. The first kappa shape index (κ1) is 14.9. The maximum absolute atomic E-state index is 5.84. The zero-order valence-electron chi connectivity index (χ0n) is 12.1. The topological polar surface area (TPSA) is 48.1 Å². The van der Waals surface area contributed by atoms with Crippen LogP contribution in [0, 0.1) is 0 Å². The maximum atomic E-state index is 5.84. The number of rotatable bonds is 3. The van der Waals surface area contributed by atoms with E-state index in [9.17, 15) is 0 Å². The van der Waals surface area contributed by atoms with E-state index in [0.29, 0.717) is 4.99 Å². The standard InChI is InChI=1S/C15H18N2OS2/c1-15(2,3)12-11(13(16)19)20-14(17-12)9-6-5-7-10(8-9)18-4/h5-8H,1-4H3,(H2,16,19). The Hall–Kier alpha value is -1.46. The molecule has 0 aliphatic heterocycles. The van der Waals surface area contributed by atoms with Gasteiger partial charge >= 0.3 is 0 Å². The van der Waals surface area contributed by atoms with Gasteiger partial charge in [0.05, 0.1) is 17.7 Å². The van der Waals surface area contributed by atoms with Crippen molar-refractivity contribution in [2.24, 2.45) is 5.73 Å². The molecule has 0 fully saturated rings. The van der Waals surface area contributed by atoms with Gasteiger partial charge in [-0.2, -0.15) is 0 Å². The molecule has 0 aliphatic rings. The van der Waals surface area contributed by atoms with Crippen LogP contribution in [0.3, 0.4) is 0 Å². The molecule has 0 amide bonds. The lowest BCUT2D eigenvalue weighted by Crippen LogP contribution is -2.19. The van der Waals surface area contributed by atoms with Gasteiger partial charge in [0.1, 0.15) is 15.7 Å². The molecule has 0 saturated carbocycles. The molecule has 1 heterocycles. The average molecular weight is 306 g/mol. The average Bonchev–Trinajstić information content (AvgIpc) is 2.84. The highest BCUT2D eigenvalue weighted by Gasteiger charge is 2.25. The molecule has 2 N–H and O–H groups in total. The Morgan fingerprint density at radius 2 is 2.05 bits per heavy atom. The molecular formula is C15H18N2OS2. The zero-order valence-corrected chi connectivity index (χ0v) is 13.7. The minimum Gasteiger partial charge on any atom is -0.497 e. The highest BCUT2D eigenvalue weighted by atomic mass is 32.1. The highest BCUT2D eigenvalue weighted by Crippen LogP contribution is 2.35. The molecule has 0 aliphatic carbocycles. The molecule has 1 aromatic carbocycles. The molecule has 3 nitrogen and oxygen atoms in total. The summed E-state index contributed by atoms with van der Waals surface area (Å²) in [5, 5.41) is 0.914. The predicted molar refractivity (Wildman–Crippen MR) is 88.7 cm³/mol. The lowest BCUT2D eigenvalue weighted by molar-refractivity contribution is 0.415. The summed E-state index contributed by atoms with van der Waals surface area (Å²) in [4.78, 5) is 6.04. The van der Waals surface area contributed by atoms with Crippen LogP contribution in [0.1, 0.15) is 31.3 Å². The molecule has 0 bridgehead atoms. The quantitative estimate of drug-likeness (QED) is 0.877. The monoisotopic (exact) mass is 306 g/mol. The summed E-state index contributed by atoms with van der Waals surface area (Å²) in [6.07, 6.45) is 0. The number of nitrogens with two attached hydrogens (primary N) is 1. The number of ether oxygens (including phenoxy) is 1. The molecule has 5 heteroatoms. The molecule has 20 heavy (non-hydrogen) atoms. The van der Waals surface area contributed by atoms with E-state index in [2.05, 4.69) is 20.8 Å². The SMILES string of the molecule is COc1cccc(-c2nc(C(C)(C)C)c(C(N)=S)s2)c1. The van der Waals surface area contributed by atoms with E-state index in [1.807, 2.05) is 24.3 Å². The predicted octanol–water partition coefficient (Wildman–Crippen LogP) is 3.75. The number of hydrogen-bond acceptors (Lipinski definition) is 4. The van der Waals surface area contributed by atoms with E-state index in [0.717, 1.165) is 26.9 Å². The molecule has 2 rings (SSSR count). The minimum atomic E-state index is -0.0909. The largest absolute Gasteiger partial charge is 0.497 e. The van der Waals surface area contributed by atoms with Gasteiger partial charge in [0, 0.05) is 11.0 Å². The van der Waals surface area contributed by atoms with Crippen molar-refractivity contribution in [3.63, 3.8) is 0 Å². The number of aromatic nitrogens is 1. The Morgan fingerprint density at radius 1 is 1.35 bits per heavy atom. The zero-order chi connectivity index (χ0) is 14.9. The van der Waals surface area contributed by atoms with Crippen LogP contribution in [0.15, 0.2) is 24.3 Å². The first-order valence-corrected chi connectivity index (χ1v) is 7.51. The molecular weight excluding hydrogens is 288 g/mol. The Morgan fingerprint density at radius 3 is 2.55 bits per heavy atom. The van der Waals surface area contributed by atoms with Gasteiger partial charge < -0.3 is 10.5 Å². The molecule has 2 aromatic rings. The lowest BCUT2D eigenvalue weighted by atomic mass is 9.91. The van der Waals surface area contributed by atoms with Crippen LogP contribution in [-0.4, -0.2) is 17.1 Å². The van der Waals surface area contributed by atoms with E-state index in [4.69, 9.17) is 27.7 Å². The maximum Gasteiger partial charge on any atom is 0.124 e. The van der Waals surface area contributed by atoms with Crippen molar-refractivity contribution in [3.8, 4) is 16.3 Å². The Kier molecular flexibility index (Phi) is 4.11. The minimum absolute atomic E-state index is 0.0909.